The SMILES string of the molecule is CC[C@@H](Oc1cccc(-n2c(C)c(C(=O)c3ccc(OC)cc3)c3ccc(OC(F)(F)F)cc32)c1)C(=O)O.[Na]. The molecule has 0 aliphatic carbocycles. The minimum absolute atomic E-state index is 0. The number of carbonyl (C=O) groups excluding carboxylic acids is 1. The summed E-state index contributed by atoms with van der Waals surface area (Å²) in [6.45, 7) is 3.35. The van der Waals surface area contributed by atoms with Gasteiger partial charge >= 0.3 is 12.3 Å². The summed E-state index contributed by atoms with van der Waals surface area (Å²) in [6.07, 6.45) is -5.75. The van der Waals surface area contributed by atoms with Gasteiger partial charge in [-0.05, 0) is 61.9 Å². The Morgan fingerprint density at radius 1 is 0.974 bits per heavy atom. The van der Waals surface area contributed by atoms with Crippen molar-refractivity contribution in [3.8, 4) is 22.9 Å². The van der Waals surface area contributed by atoms with Gasteiger partial charge < -0.3 is 23.9 Å². The summed E-state index contributed by atoms with van der Waals surface area (Å²) in [5.74, 6) is -1.08. The number of ketones is 1. The molecule has 4 aromatic rings. The van der Waals surface area contributed by atoms with Crippen molar-refractivity contribution in [2.75, 3.05) is 7.11 Å². The van der Waals surface area contributed by atoms with Crippen LogP contribution in [0.4, 0.5) is 13.2 Å². The first-order chi connectivity index (χ1) is 18.0. The number of aromatic nitrogens is 1. The third kappa shape index (κ3) is 6.58. The van der Waals surface area contributed by atoms with Crippen molar-refractivity contribution < 1.29 is 42.1 Å². The van der Waals surface area contributed by atoms with Crippen molar-refractivity contribution in [2.45, 2.75) is 32.7 Å². The number of aliphatic carboxylic acids is 1. The maximum absolute atomic E-state index is 13.6. The fourth-order valence-corrected chi connectivity index (χ4v) is 4.27. The van der Waals surface area contributed by atoms with Gasteiger partial charge in [-0.2, -0.15) is 0 Å². The van der Waals surface area contributed by atoms with E-state index < -0.39 is 24.2 Å². The minimum atomic E-state index is -4.90. The van der Waals surface area contributed by atoms with E-state index in [1.807, 2.05) is 0 Å². The zero-order valence-electron chi connectivity index (χ0n) is 21.7. The van der Waals surface area contributed by atoms with Gasteiger partial charge in [0.2, 0.25) is 0 Å². The molecule has 0 bridgehead atoms. The molecule has 0 saturated carbocycles. The summed E-state index contributed by atoms with van der Waals surface area (Å²) in [5.41, 5.74) is 1.89. The number of ether oxygens (including phenoxy) is 3. The molecule has 39 heavy (non-hydrogen) atoms. The van der Waals surface area contributed by atoms with E-state index in [0.29, 0.717) is 39.2 Å². The molecule has 0 unspecified atom stereocenters. The normalized spacial score (nSPS) is 11.9. The van der Waals surface area contributed by atoms with Crippen LogP contribution in [0.1, 0.15) is 35.0 Å². The number of methoxy groups -OCH3 is 1. The third-order valence-corrected chi connectivity index (χ3v) is 5.99. The molecule has 0 aliphatic rings. The van der Waals surface area contributed by atoms with Crippen LogP contribution < -0.4 is 14.2 Å². The van der Waals surface area contributed by atoms with Crippen molar-refractivity contribution in [3.63, 3.8) is 0 Å². The van der Waals surface area contributed by atoms with E-state index >= 15 is 0 Å². The number of halogens is 3. The zero-order valence-corrected chi connectivity index (χ0v) is 23.7. The van der Waals surface area contributed by atoms with Gasteiger partial charge in [-0.15, -0.1) is 13.2 Å². The van der Waals surface area contributed by atoms with E-state index in [1.165, 1.54) is 19.2 Å². The Hall–Kier alpha value is -3.47. The number of hydrogen-bond acceptors (Lipinski definition) is 5. The molecule has 7 nitrogen and oxygen atoms in total. The standard InChI is InChI=1S/C28H24F3NO6.Na/c1-4-24(27(34)35)37-20-7-5-6-18(14-20)32-16(2)25(26(33)17-8-10-19(36-3)11-9-17)22-13-12-21(15-23(22)32)38-28(29,30)31;/h5-15,24H,4H2,1-3H3,(H,34,35);/t24-;/m1./s1. The number of carbonyl (C=O) groups is 2. The van der Waals surface area contributed by atoms with Crippen LogP contribution in [0, 0.1) is 6.92 Å². The number of nitrogens with zero attached hydrogens (tertiary/aromatic N) is 1. The van der Waals surface area contributed by atoms with Gasteiger partial charge in [-0.3, -0.25) is 4.79 Å². The molecule has 1 aromatic heterocycles. The Balaban J connectivity index is 0.00000420. The Labute approximate surface area is 244 Å². The van der Waals surface area contributed by atoms with Crippen molar-refractivity contribution in [1.82, 2.24) is 4.57 Å². The Bertz CT molecular complexity index is 1500. The third-order valence-electron chi connectivity index (χ3n) is 5.99. The summed E-state index contributed by atoms with van der Waals surface area (Å²) >= 11 is 0. The van der Waals surface area contributed by atoms with Crippen molar-refractivity contribution in [2.24, 2.45) is 0 Å². The van der Waals surface area contributed by atoms with Crippen LogP contribution in [-0.2, 0) is 4.79 Å². The van der Waals surface area contributed by atoms with Crippen molar-refractivity contribution in [3.05, 3.63) is 83.6 Å². The smallest absolute Gasteiger partial charge is 0.497 e. The second-order valence-corrected chi connectivity index (χ2v) is 8.43. The van der Waals surface area contributed by atoms with Gasteiger partial charge in [0.15, 0.2) is 11.9 Å². The number of alkyl halides is 3. The first kappa shape index (κ1) is 30.1. The molecule has 0 fully saturated rings. The summed E-state index contributed by atoms with van der Waals surface area (Å²) in [7, 11) is 1.51. The molecule has 11 heteroatoms. The fraction of sp³-hybridized carbons (Fsp3) is 0.214. The summed E-state index contributed by atoms with van der Waals surface area (Å²) in [5, 5.41) is 9.77. The Morgan fingerprint density at radius 2 is 1.64 bits per heavy atom. The average molecular weight is 550 g/mol. The second-order valence-electron chi connectivity index (χ2n) is 8.43. The van der Waals surface area contributed by atoms with Gasteiger partial charge in [0.25, 0.3) is 0 Å². The quantitative estimate of drug-likeness (QED) is 0.205. The number of rotatable bonds is 9. The van der Waals surface area contributed by atoms with Crippen LogP contribution in [-0.4, -0.2) is 70.6 Å². The van der Waals surface area contributed by atoms with E-state index in [-0.39, 0.29) is 47.5 Å². The van der Waals surface area contributed by atoms with Crippen LogP contribution in [0.2, 0.25) is 0 Å². The van der Waals surface area contributed by atoms with Crippen LogP contribution >= 0.6 is 0 Å². The second kappa shape index (κ2) is 12.1. The molecule has 0 aliphatic heterocycles. The Morgan fingerprint density at radius 3 is 2.23 bits per heavy atom. The monoisotopic (exact) mass is 550 g/mol. The largest absolute Gasteiger partial charge is 0.573 e. The van der Waals surface area contributed by atoms with Crippen LogP contribution in [0.15, 0.2) is 66.7 Å². The van der Waals surface area contributed by atoms with E-state index in [4.69, 9.17) is 9.47 Å². The predicted molar refractivity (Wildman–Crippen MR) is 139 cm³/mol. The molecule has 1 heterocycles. The van der Waals surface area contributed by atoms with E-state index in [1.54, 1.807) is 66.9 Å². The van der Waals surface area contributed by atoms with Gasteiger partial charge in [0.05, 0.1) is 18.2 Å². The minimum Gasteiger partial charge on any atom is -0.497 e. The zero-order chi connectivity index (χ0) is 27.6. The first-order valence-corrected chi connectivity index (χ1v) is 11.6. The summed E-state index contributed by atoms with van der Waals surface area (Å²) in [4.78, 5) is 25.1. The van der Waals surface area contributed by atoms with Crippen LogP contribution in [0.25, 0.3) is 16.6 Å². The predicted octanol–water partition coefficient (Wildman–Crippen LogP) is 5.94. The number of carboxylic acids is 1. The number of benzene rings is 3. The molecule has 0 spiro atoms. The van der Waals surface area contributed by atoms with Crippen LogP contribution in [0.3, 0.4) is 0 Å². The molecule has 0 saturated heterocycles. The molecular formula is C28H24F3NNaO6. The van der Waals surface area contributed by atoms with E-state index in [9.17, 15) is 27.9 Å². The number of fused-ring (bicyclic) bond motifs is 1. The van der Waals surface area contributed by atoms with Gasteiger partial charge in [0.1, 0.15) is 17.2 Å². The number of hydrogen-bond donors (Lipinski definition) is 1. The topological polar surface area (TPSA) is 87.0 Å². The average Bonchev–Trinajstić information content (AvgIpc) is 3.16. The van der Waals surface area contributed by atoms with Gasteiger partial charge in [-0.1, -0.05) is 13.0 Å². The van der Waals surface area contributed by atoms with Crippen molar-refractivity contribution >= 4 is 52.2 Å². The molecular weight excluding hydrogens is 526 g/mol. The van der Waals surface area contributed by atoms with E-state index in [0.717, 1.165) is 6.07 Å². The molecule has 1 atom stereocenters. The van der Waals surface area contributed by atoms with Crippen molar-refractivity contribution in [1.29, 1.82) is 0 Å². The van der Waals surface area contributed by atoms with Gasteiger partial charge in [-0.25, -0.2) is 4.79 Å². The maximum atomic E-state index is 13.6. The maximum Gasteiger partial charge on any atom is 0.573 e. The molecule has 0 amide bonds. The summed E-state index contributed by atoms with van der Waals surface area (Å²) in [6, 6.07) is 16.7. The first-order valence-electron chi connectivity index (χ1n) is 11.6. The molecule has 1 N–H and O–H groups in total. The molecule has 199 valence electrons. The Kier molecular flexibility index (Phi) is 9.37. The van der Waals surface area contributed by atoms with Crippen LogP contribution in [0.5, 0.6) is 17.2 Å². The molecule has 3 aromatic carbocycles. The summed E-state index contributed by atoms with van der Waals surface area (Å²) < 4.78 is 55.4. The fourth-order valence-electron chi connectivity index (χ4n) is 4.27. The van der Waals surface area contributed by atoms with E-state index in [2.05, 4.69) is 4.74 Å². The molecule has 1 radical (unpaired) electrons. The number of carboxylic acid groups (broad SMARTS) is 1. The molecule has 4 rings (SSSR count). The van der Waals surface area contributed by atoms with Gasteiger partial charge in [0, 0.05) is 64.0 Å².